The summed E-state index contributed by atoms with van der Waals surface area (Å²) in [6.45, 7) is 6.84. The molecule has 0 spiro atoms. The molecule has 0 saturated carbocycles. The van der Waals surface area contributed by atoms with Gasteiger partial charge in [-0.3, -0.25) is 0 Å². The zero-order chi connectivity index (χ0) is 10.7. The Bertz CT molecular complexity index is 524. The summed E-state index contributed by atoms with van der Waals surface area (Å²) >= 11 is 0. The molecule has 0 N–H and O–H groups in total. The highest BCUT2D eigenvalue weighted by Gasteiger charge is 2.11. The summed E-state index contributed by atoms with van der Waals surface area (Å²) in [5.41, 5.74) is 1.15. The second-order valence-electron chi connectivity index (χ2n) is 2.92. The van der Waals surface area contributed by atoms with Crippen molar-refractivity contribution in [3.8, 4) is 17.4 Å². The Morgan fingerprint density at radius 2 is 2.00 bits per heavy atom. The van der Waals surface area contributed by atoms with Gasteiger partial charge < -0.3 is 4.42 Å². The van der Waals surface area contributed by atoms with Gasteiger partial charge in [0.1, 0.15) is 11.3 Å². The van der Waals surface area contributed by atoms with Gasteiger partial charge in [-0.25, -0.2) is 0 Å². The zero-order valence-electron chi connectivity index (χ0n) is 7.77. The molecule has 0 bridgehead atoms. The molecule has 0 aliphatic rings. The highest BCUT2D eigenvalue weighted by atomic mass is 16.4. The molecule has 2 aromatic rings. The molecule has 1 aromatic carbocycles. The van der Waals surface area contributed by atoms with Crippen LogP contribution in [0.1, 0.15) is 5.56 Å². The molecule has 0 radical (unpaired) electrons. The average Bonchev–Trinajstić information content (AvgIpc) is 2.73. The molecule has 0 atom stereocenters. The van der Waals surface area contributed by atoms with E-state index < -0.39 is 0 Å². The van der Waals surface area contributed by atoms with Crippen molar-refractivity contribution in [1.29, 1.82) is 5.26 Å². The fourth-order valence-electron chi connectivity index (χ4n) is 1.29. The Balaban J connectivity index is 2.54. The monoisotopic (exact) mass is 194 g/mol. The first-order chi connectivity index (χ1) is 7.35. The van der Waals surface area contributed by atoms with Crippen LogP contribution in [0.25, 0.3) is 16.2 Å². The van der Waals surface area contributed by atoms with Gasteiger partial charge in [-0.05, 0) is 6.07 Å². The molecule has 0 aliphatic heterocycles. The Labute approximate surface area is 87.0 Å². The predicted octanol–water partition coefficient (Wildman–Crippen LogP) is 3.37. The van der Waals surface area contributed by atoms with E-state index in [2.05, 4.69) is 4.85 Å². The highest BCUT2D eigenvalue weighted by molar-refractivity contribution is 5.65. The summed E-state index contributed by atoms with van der Waals surface area (Å²) in [5, 5.41) is 8.76. The first-order valence-electron chi connectivity index (χ1n) is 4.32. The lowest BCUT2D eigenvalue weighted by Gasteiger charge is -1.93. The van der Waals surface area contributed by atoms with Crippen molar-refractivity contribution in [3.63, 3.8) is 0 Å². The number of hydrogen-bond donors (Lipinski definition) is 0. The van der Waals surface area contributed by atoms with Crippen LogP contribution in [0.3, 0.4) is 0 Å². The lowest BCUT2D eigenvalue weighted by atomic mass is 10.1. The van der Waals surface area contributed by atoms with Crippen LogP contribution in [0, 0.1) is 17.9 Å². The van der Waals surface area contributed by atoms with Crippen molar-refractivity contribution in [2.75, 3.05) is 0 Å². The fraction of sp³-hybridized carbons (Fsp3) is 0. The molecule has 0 aliphatic carbocycles. The molecule has 15 heavy (non-hydrogen) atoms. The van der Waals surface area contributed by atoms with Gasteiger partial charge in [-0.1, -0.05) is 30.3 Å². The van der Waals surface area contributed by atoms with E-state index in [9.17, 15) is 0 Å². The van der Waals surface area contributed by atoms with Crippen LogP contribution in [-0.4, -0.2) is 0 Å². The summed E-state index contributed by atoms with van der Waals surface area (Å²) in [6.07, 6.45) is 0. The number of rotatable bonds is 1. The number of hydrogen-bond acceptors (Lipinski definition) is 2. The van der Waals surface area contributed by atoms with Crippen molar-refractivity contribution in [2.45, 2.75) is 0 Å². The Kier molecular flexibility index (Phi) is 2.23. The van der Waals surface area contributed by atoms with Gasteiger partial charge in [0.25, 0.3) is 0 Å². The van der Waals surface area contributed by atoms with Crippen LogP contribution < -0.4 is 0 Å². The minimum absolute atomic E-state index is 0.0522. The molecule has 70 valence electrons. The number of nitrogens with zero attached hydrogens (tertiary/aromatic N) is 2. The van der Waals surface area contributed by atoms with Crippen molar-refractivity contribution >= 4 is 5.88 Å². The average molecular weight is 194 g/mol. The largest absolute Gasteiger partial charge is 0.479 e. The zero-order valence-corrected chi connectivity index (χ0v) is 7.77. The second-order valence-corrected chi connectivity index (χ2v) is 2.92. The van der Waals surface area contributed by atoms with E-state index in [0.717, 1.165) is 5.56 Å². The lowest BCUT2D eigenvalue weighted by molar-refractivity contribution is 0.607. The molecular weight excluding hydrogens is 188 g/mol. The van der Waals surface area contributed by atoms with Gasteiger partial charge in [-0.2, -0.15) is 10.1 Å². The van der Waals surface area contributed by atoms with E-state index in [1.54, 1.807) is 6.07 Å². The fourth-order valence-corrected chi connectivity index (χ4v) is 1.29. The van der Waals surface area contributed by atoms with Crippen LogP contribution in [0.5, 0.6) is 0 Å². The van der Waals surface area contributed by atoms with E-state index in [-0.39, 0.29) is 11.4 Å². The van der Waals surface area contributed by atoms with Crippen molar-refractivity contribution in [1.82, 2.24) is 0 Å². The normalized spacial score (nSPS) is 9.20. The Hall–Kier alpha value is -2.52. The number of furan rings is 1. The third-order valence-electron chi connectivity index (χ3n) is 1.99. The molecule has 0 saturated heterocycles. The summed E-state index contributed by atoms with van der Waals surface area (Å²) in [6, 6.07) is 12.9. The topological polar surface area (TPSA) is 41.3 Å². The number of nitriles is 1. The predicted molar refractivity (Wildman–Crippen MR) is 55.1 cm³/mol. The van der Waals surface area contributed by atoms with Crippen LogP contribution in [0.4, 0.5) is 5.88 Å². The van der Waals surface area contributed by atoms with Gasteiger partial charge in [0.15, 0.2) is 0 Å². The first-order valence-corrected chi connectivity index (χ1v) is 4.32. The molecular formula is C12H6N2O. The maximum Gasteiger partial charge on any atom is 0.363 e. The highest BCUT2D eigenvalue weighted by Crippen LogP contribution is 2.30. The molecule has 3 nitrogen and oxygen atoms in total. The second kappa shape index (κ2) is 3.69. The molecule has 0 fully saturated rings. The maximum atomic E-state index is 8.76. The van der Waals surface area contributed by atoms with Crippen molar-refractivity contribution in [3.05, 3.63) is 53.4 Å². The van der Waals surface area contributed by atoms with E-state index in [4.69, 9.17) is 16.3 Å². The summed E-state index contributed by atoms with van der Waals surface area (Å²) in [5.74, 6) is 0.606. The Morgan fingerprint density at radius 3 is 2.53 bits per heavy atom. The number of benzene rings is 1. The van der Waals surface area contributed by atoms with Crippen LogP contribution >= 0.6 is 0 Å². The molecule has 3 heteroatoms. The van der Waals surface area contributed by atoms with Gasteiger partial charge >= 0.3 is 5.88 Å². The van der Waals surface area contributed by atoms with Crippen LogP contribution in [-0.2, 0) is 0 Å². The molecule has 2 rings (SSSR count). The third kappa shape index (κ3) is 1.59. The summed E-state index contributed by atoms with van der Waals surface area (Å²) in [4.78, 5) is 3.15. The third-order valence-corrected chi connectivity index (χ3v) is 1.99. The van der Waals surface area contributed by atoms with Crippen LogP contribution in [0.2, 0.25) is 0 Å². The quantitative estimate of drug-likeness (QED) is 0.653. The van der Waals surface area contributed by atoms with Gasteiger partial charge in [0.2, 0.25) is 0 Å². The Morgan fingerprint density at radius 1 is 1.27 bits per heavy atom. The SMILES string of the molecule is [C-]#[N+]c1oc(-c2ccccc2)cc1C#N. The summed E-state index contributed by atoms with van der Waals surface area (Å²) < 4.78 is 5.26. The smallest absolute Gasteiger partial charge is 0.363 e. The van der Waals surface area contributed by atoms with Gasteiger partial charge in [0, 0.05) is 5.56 Å². The maximum absolute atomic E-state index is 8.76. The van der Waals surface area contributed by atoms with Crippen LogP contribution in [0.15, 0.2) is 40.8 Å². The lowest BCUT2D eigenvalue weighted by Crippen LogP contribution is -1.70. The van der Waals surface area contributed by atoms with Crippen molar-refractivity contribution < 1.29 is 4.42 Å². The van der Waals surface area contributed by atoms with E-state index >= 15 is 0 Å². The molecule has 1 aromatic heterocycles. The molecule has 1 heterocycles. The minimum Gasteiger partial charge on any atom is -0.479 e. The molecule has 0 unspecified atom stereocenters. The summed E-state index contributed by atoms with van der Waals surface area (Å²) in [7, 11) is 0. The standard InChI is InChI=1S/C12H6N2O/c1-14-12-10(8-13)7-11(15-12)9-5-3-2-4-6-9/h2-7H. The molecule has 0 amide bonds. The van der Waals surface area contributed by atoms with Gasteiger partial charge in [0.05, 0.1) is 12.6 Å². The van der Waals surface area contributed by atoms with Gasteiger partial charge in [-0.15, -0.1) is 0 Å². The van der Waals surface area contributed by atoms with E-state index in [1.165, 1.54) is 0 Å². The van der Waals surface area contributed by atoms with Crippen molar-refractivity contribution in [2.24, 2.45) is 0 Å². The minimum atomic E-state index is 0.0522. The first kappa shape index (κ1) is 9.05. The van der Waals surface area contributed by atoms with E-state index in [0.29, 0.717) is 5.76 Å². The van der Waals surface area contributed by atoms with E-state index in [1.807, 2.05) is 36.4 Å².